The maximum Gasteiger partial charge on any atom is 0.0248 e. The molecule has 100 valence electrons. The Bertz CT molecular complexity index is 377. The first kappa shape index (κ1) is 15.4. The van der Waals surface area contributed by atoms with Gasteiger partial charge in [-0.05, 0) is 37.2 Å². The third kappa shape index (κ3) is 4.92. The molecule has 1 aromatic rings. The number of rotatable bonds is 8. The van der Waals surface area contributed by atoms with Crippen LogP contribution in [-0.2, 0) is 13.1 Å². The van der Waals surface area contributed by atoms with E-state index in [9.17, 15) is 0 Å². The lowest BCUT2D eigenvalue weighted by atomic mass is 10.1. The zero-order valence-corrected chi connectivity index (χ0v) is 13.0. The summed E-state index contributed by atoms with van der Waals surface area (Å²) >= 11 is 3.67. The third-order valence-corrected chi connectivity index (χ3v) is 3.56. The lowest BCUT2D eigenvalue weighted by molar-refractivity contribution is 0.294. The number of hydrogen-bond acceptors (Lipinski definition) is 2. The Labute approximate surface area is 119 Å². The number of nitrogens with one attached hydrogen (secondary N) is 1. The summed E-state index contributed by atoms with van der Waals surface area (Å²) in [5.41, 5.74) is 2.64. The Kier molecular flexibility index (Phi) is 7.25. The van der Waals surface area contributed by atoms with E-state index in [1.165, 1.54) is 22.0 Å². The topological polar surface area (TPSA) is 15.3 Å². The lowest BCUT2D eigenvalue weighted by Gasteiger charge is -2.20. The fraction of sp³-hybridized carbons (Fsp3) is 0.467. The summed E-state index contributed by atoms with van der Waals surface area (Å²) in [5, 5.41) is 3.17. The van der Waals surface area contributed by atoms with Crippen molar-refractivity contribution in [1.82, 2.24) is 10.2 Å². The van der Waals surface area contributed by atoms with E-state index in [0.29, 0.717) is 0 Å². The summed E-state index contributed by atoms with van der Waals surface area (Å²) in [5.74, 6) is 0. The van der Waals surface area contributed by atoms with E-state index < -0.39 is 0 Å². The largest absolute Gasteiger partial charge is 0.316 e. The van der Waals surface area contributed by atoms with Crippen molar-refractivity contribution in [1.29, 1.82) is 0 Å². The predicted molar refractivity (Wildman–Crippen MR) is 82.7 cm³/mol. The second-order valence-corrected chi connectivity index (χ2v) is 5.33. The Balaban J connectivity index is 2.73. The molecule has 0 spiro atoms. The summed E-state index contributed by atoms with van der Waals surface area (Å²) in [4.78, 5) is 2.41. The van der Waals surface area contributed by atoms with E-state index in [2.05, 4.69) is 57.8 Å². The van der Waals surface area contributed by atoms with E-state index in [1.54, 1.807) is 0 Å². The molecule has 0 unspecified atom stereocenters. The molecule has 18 heavy (non-hydrogen) atoms. The zero-order chi connectivity index (χ0) is 13.4. The molecular weight excluding hydrogens is 288 g/mol. The Morgan fingerprint density at radius 1 is 1.44 bits per heavy atom. The van der Waals surface area contributed by atoms with Gasteiger partial charge in [0, 0.05) is 24.1 Å². The molecule has 1 rings (SSSR count). The van der Waals surface area contributed by atoms with E-state index in [0.717, 1.165) is 26.2 Å². The van der Waals surface area contributed by atoms with Gasteiger partial charge in [0.15, 0.2) is 0 Å². The summed E-state index contributed by atoms with van der Waals surface area (Å²) < 4.78 is 1.19. The van der Waals surface area contributed by atoms with Crippen LogP contribution in [0.3, 0.4) is 0 Å². The van der Waals surface area contributed by atoms with Crippen molar-refractivity contribution in [2.24, 2.45) is 0 Å². The number of halogens is 1. The average molecular weight is 311 g/mol. The molecule has 0 aliphatic heterocycles. The lowest BCUT2D eigenvalue weighted by Crippen LogP contribution is -2.24. The van der Waals surface area contributed by atoms with Gasteiger partial charge >= 0.3 is 0 Å². The molecule has 0 atom stereocenters. The highest BCUT2D eigenvalue weighted by Crippen LogP contribution is 2.20. The van der Waals surface area contributed by atoms with Crippen LogP contribution in [0.2, 0.25) is 0 Å². The monoisotopic (exact) mass is 310 g/mol. The van der Waals surface area contributed by atoms with Crippen molar-refractivity contribution in [3.8, 4) is 0 Å². The molecule has 0 fully saturated rings. The van der Waals surface area contributed by atoms with Gasteiger partial charge in [-0.15, -0.1) is 6.58 Å². The number of hydrogen-bond donors (Lipinski definition) is 1. The van der Waals surface area contributed by atoms with Crippen molar-refractivity contribution < 1.29 is 0 Å². The second kappa shape index (κ2) is 8.46. The molecule has 0 aromatic heterocycles. The van der Waals surface area contributed by atoms with Crippen LogP contribution < -0.4 is 5.32 Å². The first-order valence-electron chi connectivity index (χ1n) is 6.46. The number of nitrogens with zero attached hydrogens (tertiary/aromatic N) is 1. The molecule has 0 heterocycles. The maximum atomic E-state index is 3.82. The molecule has 1 N–H and O–H groups in total. The number of benzene rings is 1. The van der Waals surface area contributed by atoms with Gasteiger partial charge < -0.3 is 5.32 Å². The highest BCUT2D eigenvalue weighted by Gasteiger charge is 2.07. The normalized spacial score (nSPS) is 10.9. The van der Waals surface area contributed by atoms with Crippen LogP contribution in [0.1, 0.15) is 24.5 Å². The van der Waals surface area contributed by atoms with Crippen molar-refractivity contribution in [2.45, 2.75) is 26.4 Å². The second-order valence-electron chi connectivity index (χ2n) is 4.48. The van der Waals surface area contributed by atoms with Gasteiger partial charge in [0.2, 0.25) is 0 Å². The molecule has 0 bridgehead atoms. The van der Waals surface area contributed by atoms with E-state index in [-0.39, 0.29) is 0 Å². The molecule has 0 saturated carbocycles. The van der Waals surface area contributed by atoms with Crippen molar-refractivity contribution >= 4 is 15.9 Å². The quantitative estimate of drug-likeness (QED) is 0.739. The maximum absolute atomic E-state index is 3.82. The SMILES string of the molecule is C=CCN(CCC)Cc1ccc(CNC)cc1Br. The van der Waals surface area contributed by atoms with Crippen LogP contribution in [0.25, 0.3) is 0 Å². The minimum Gasteiger partial charge on any atom is -0.316 e. The fourth-order valence-corrected chi connectivity index (χ4v) is 2.56. The molecule has 0 radical (unpaired) electrons. The molecule has 0 amide bonds. The average Bonchev–Trinajstić information content (AvgIpc) is 2.33. The summed E-state index contributed by atoms with van der Waals surface area (Å²) in [6.07, 6.45) is 3.14. The van der Waals surface area contributed by atoms with Crippen LogP contribution in [0, 0.1) is 0 Å². The molecule has 3 heteroatoms. The summed E-state index contributed by atoms with van der Waals surface area (Å²) in [6, 6.07) is 6.60. The van der Waals surface area contributed by atoms with Crippen molar-refractivity contribution in [3.63, 3.8) is 0 Å². The van der Waals surface area contributed by atoms with Gasteiger partial charge in [-0.3, -0.25) is 4.90 Å². The summed E-state index contributed by atoms with van der Waals surface area (Å²) in [7, 11) is 1.97. The third-order valence-electron chi connectivity index (χ3n) is 2.82. The smallest absolute Gasteiger partial charge is 0.0248 e. The fourth-order valence-electron chi connectivity index (χ4n) is 2.01. The highest BCUT2D eigenvalue weighted by molar-refractivity contribution is 9.10. The van der Waals surface area contributed by atoms with Gasteiger partial charge in [0.05, 0.1) is 0 Å². The van der Waals surface area contributed by atoms with Crippen LogP contribution in [-0.4, -0.2) is 25.0 Å². The van der Waals surface area contributed by atoms with E-state index in [4.69, 9.17) is 0 Å². The highest BCUT2D eigenvalue weighted by atomic mass is 79.9. The Morgan fingerprint density at radius 3 is 2.78 bits per heavy atom. The van der Waals surface area contributed by atoms with E-state index in [1.807, 2.05) is 13.1 Å². The van der Waals surface area contributed by atoms with Gasteiger partial charge in [0.25, 0.3) is 0 Å². The van der Waals surface area contributed by atoms with Crippen LogP contribution in [0.5, 0.6) is 0 Å². The van der Waals surface area contributed by atoms with Gasteiger partial charge in [-0.2, -0.15) is 0 Å². The Hall–Kier alpha value is -0.640. The van der Waals surface area contributed by atoms with Gasteiger partial charge in [-0.1, -0.05) is 41.1 Å². The molecular formula is C15H23BrN2. The standard InChI is InChI=1S/C15H23BrN2/c1-4-8-18(9-5-2)12-14-7-6-13(11-17-3)10-15(14)16/h4,6-7,10,17H,1,5,8-9,11-12H2,2-3H3. The first-order chi connectivity index (χ1) is 8.71. The molecule has 0 saturated heterocycles. The minimum atomic E-state index is 0.907. The van der Waals surface area contributed by atoms with Crippen molar-refractivity contribution in [3.05, 3.63) is 46.5 Å². The van der Waals surface area contributed by atoms with Crippen molar-refractivity contribution in [2.75, 3.05) is 20.1 Å². The molecule has 1 aromatic carbocycles. The van der Waals surface area contributed by atoms with Gasteiger partial charge in [0.1, 0.15) is 0 Å². The molecule has 0 aliphatic carbocycles. The molecule has 0 aliphatic rings. The minimum absolute atomic E-state index is 0.907. The Morgan fingerprint density at radius 2 is 2.22 bits per heavy atom. The zero-order valence-electron chi connectivity index (χ0n) is 11.4. The van der Waals surface area contributed by atoms with Crippen LogP contribution in [0.4, 0.5) is 0 Å². The first-order valence-corrected chi connectivity index (χ1v) is 7.25. The summed E-state index contributed by atoms with van der Waals surface area (Å²) in [6.45, 7) is 9.96. The molecule has 2 nitrogen and oxygen atoms in total. The van der Waals surface area contributed by atoms with Crippen LogP contribution in [0.15, 0.2) is 35.3 Å². The van der Waals surface area contributed by atoms with Crippen LogP contribution >= 0.6 is 15.9 Å². The predicted octanol–water partition coefficient (Wildman–Crippen LogP) is 3.57. The van der Waals surface area contributed by atoms with E-state index >= 15 is 0 Å². The van der Waals surface area contributed by atoms with Gasteiger partial charge in [-0.25, -0.2) is 0 Å².